The van der Waals surface area contributed by atoms with E-state index in [0.717, 1.165) is 32.4 Å². The highest BCUT2D eigenvalue weighted by Gasteiger charge is 2.07. The number of rotatable bonds is 3. The quantitative estimate of drug-likeness (QED) is 0.724. The van der Waals surface area contributed by atoms with Gasteiger partial charge in [0.1, 0.15) is 0 Å². The molecule has 0 radical (unpaired) electrons. The van der Waals surface area contributed by atoms with E-state index in [9.17, 15) is 0 Å². The molecule has 3 N–H and O–H groups in total. The number of nitrogen functional groups attached to an aromatic ring is 1. The molecule has 3 aromatic rings. The number of hydrogen-bond donors (Lipinski definition) is 2. The average Bonchev–Trinajstić information content (AvgIpc) is 2.84. The van der Waals surface area contributed by atoms with Crippen LogP contribution in [0.2, 0.25) is 0 Å². The molecule has 0 aliphatic carbocycles. The Morgan fingerprint density at radius 3 is 2.95 bits per heavy atom. The van der Waals surface area contributed by atoms with E-state index >= 15 is 0 Å². The summed E-state index contributed by atoms with van der Waals surface area (Å²) in [4.78, 5) is 4.45. The van der Waals surface area contributed by atoms with Crippen molar-refractivity contribution in [3.63, 3.8) is 0 Å². The molecule has 3 rings (SSSR count). The van der Waals surface area contributed by atoms with Crippen molar-refractivity contribution in [1.82, 2.24) is 14.8 Å². The van der Waals surface area contributed by atoms with Gasteiger partial charge in [-0.05, 0) is 40.2 Å². The van der Waals surface area contributed by atoms with Gasteiger partial charge in [0.15, 0.2) is 0 Å². The van der Waals surface area contributed by atoms with E-state index < -0.39 is 0 Å². The fourth-order valence-electron chi connectivity index (χ4n) is 2.12. The smallest absolute Gasteiger partial charge is 0.0954 e. The molecular formula is C14H14BrN5. The first-order valence-electron chi connectivity index (χ1n) is 6.19. The van der Waals surface area contributed by atoms with E-state index in [0.29, 0.717) is 6.54 Å². The van der Waals surface area contributed by atoms with Crippen molar-refractivity contribution in [2.24, 2.45) is 7.05 Å². The maximum absolute atomic E-state index is 6.01. The van der Waals surface area contributed by atoms with Crippen LogP contribution < -0.4 is 11.1 Å². The first kappa shape index (κ1) is 12.9. The number of anilines is 2. The normalized spacial score (nSPS) is 10.9. The lowest BCUT2D eigenvalue weighted by Crippen LogP contribution is -2.06. The summed E-state index contributed by atoms with van der Waals surface area (Å²) in [5, 5.41) is 8.47. The second-order valence-corrected chi connectivity index (χ2v) is 5.47. The van der Waals surface area contributed by atoms with Crippen molar-refractivity contribution < 1.29 is 0 Å². The number of halogens is 1. The highest BCUT2D eigenvalue weighted by Crippen LogP contribution is 2.29. The maximum atomic E-state index is 6.01. The second-order valence-electron chi connectivity index (χ2n) is 4.55. The highest BCUT2D eigenvalue weighted by atomic mass is 79.9. The van der Waals surface area contributed by atoms with Gasteiger partial charge in [-0.25, -0.2) is 0 Å². The van der Waals surface area contributed by atoms with Crippen LogP contribution in [0.4, 0.5) is 11.4 Å². The Bertz CT molecular complexity index is 765. The lowest BCUT2D eigenvalue weighted by atomic mass is 10.1. The number of benzene rings is 1. The summed E-state index contributed by atoms with van der Waals surface area (Å²) in [6.45, 7) is 0.688. The van der Waals surface area contributed by atoms with Crippen molar-refractivity contribution in [2.75, 3.05) is 11.1 Å². The molecule has 0 unspecified atom stereocenters. The first-order valence-corrected chi connectivity index (χ1v) is 6.99. The number of nitrogens with zero attached hydrogens (tertiary/aromatic N) is 3. The number of aryl methyl sites for hydroxylation is 1. The number of hydrogen-bond acceptors (Lipinski definition) is 4. The van der Waals surface area contributed by atoms with E-state index in [2.05, 4.69) is 31.3 Å². The van der Waals surface area contributed by atoms with Gasteiger partial charge in [-0.15, -0.1) is 0 Å². The van der Waals surface area contributed by atoms with Gasteiger partial charge < -0.3 is 11.1 Å². The molecule has 2 heterocycles. The van der Waals surface area contributed by atoms with Crippen LogP contribution in [0.3, 0.4) is 0 Å². The summed E-state index contributed by atoms with van der Waals surface area (Å²) in [7, 11) is 1.92. The zero-order valence-electron chi connectivity index (χ0n) is 11.0. The molecule has 0 aliphatic rings. The van der Waals surface area contributed by atoms with Crippen molar-refractivity contribution in [2.45, 2.75) is 6.54 Å². The Labute approximate surface area is 124 Å². The summed E-state index contributed by atoms with van der Waals surface area (Å²) < 4.78 is 2.76. The van der Waals surface area contributed by atoms with Crippen molar-refractivity contribution >= 4 is 38.2 Å². The van der Waals surface area contributed by atoms with Crippen LogP contribution in [0.1, 0.15) is 5.69 Å². The molecule has 1 aromatic carbocycles. The Kier molecular flexibility index (Phi) is 3.31. The number of aromatic nitrogens is 3. The fourth-order valence-corrected chi connectivity index (χ4v) is 2.45. The topological polar surface area (TPSA) is 68.8 Å². The second kappa shape index (κ2) is 5.13. The summed E-state index contributed by atoms with van der Waals surface area (Å²) in [5.74, 6) is 0. The predicted molar refractivity (Wildman–Crippen MR) is 84.4 cm³/mol. The van der Waals surface area contributed by atoms with Gasteiger partial charge in [-0.3, -0.25) is 9.67 Å². The van der Waals surface area contributed by atoms with Gasteiger partial charge in [-0.2, -0.15) is 5.10 Å². The van der Waals surface area contributed by atoms with Crippen LogP contribution >= 0.6 is 15.9 Å². The third kappa shape index (κ3) is 2.34. The minimum Gasteiger partial charge on any atom is -0.398 e. The van der Waals surface area contributed by atoms with Crippen LogP contribution in [-0.2, 0) is 13.6 Å². The van der Waals surface area contributed by atoms with Gasteiger partial charge in [0.2, 0.25) is 0 Å². The Morgan fingerprint density at radius 2 is 2.20 bits per heavy atom. The predicted octanol–water partition coefficient (Wildman–Crippen LogP) is 2.93. The van der Waals surface area contributed by atoms with Crippen molar-refractivity contribution in [1.29, 1.82) is 0 Å². The minimum atomic E-state index is 0.688. The molecule has 102 valence electrons. The molecule has 0 saturated heterocycles. The van der Waals surface area contributed by atoms with Crippen molar-refractivity contribution in [3.8, 4) is 0 Å². The third-order valence-electron chi connectivity index (χ3n) is 3.23. The minimum absolute atomic E-state index is 0.688. The van der Waals surface area contributed by atoms with Gasteiger partial charge in [-0.1, -0.05) is 0 Å². The van der Waals surface area contributed by atoms with Gasteiger partial charge in [0, 0.05) is 35.0 Å². The van der Waals surface area contributed by atoms with Gasteiger partial charge >= 0.3 is 0 Å². The Morgan fingerprint density at radius 1 is 1.35 bits per heavy atom. The lowest BCUT2D eigenvalue weighted by molar-refractivity contribution is 0.720. The maximum Gasteiger partial charge on any atom is 0.0954 e. The van der Waals surface area contributed by atoms with Crippen LogP contribution in [-0.4, -0.2) is 14.8 Å². The zero-order valence-corrected chi connectivity index (χ0v) is 12.6. The molecule has 20 heavy (non-hydrogen) atoms. The number of nitrogens with one attached hydrogen (secondary N) is 1. The summed E-state index contributed by atoms with van der Waals surface area (Å²) in [6, 6.07) is 7.81. The molecule has 0 amide bonds. The molecule has 6 heteroatoms. The van der Waals surface area contributed by atoms with E-state index in [4.69, 9.17) is 5.73 Å². The molecule has 0 fully saturated rings. The molecule has 5 nitrogen and oxygen atoms in total. The Balaban J connectivity index is 1.96. The third-order valence-corrected chi connectivity index (χ3v) is 3.67. The number of fused-ring (bicyclic) bond motifs is 1. The number of nitrogens with two attached hydrogens (primary N) is 1. The van der Waals surface area contributed by atoms with Crippen LogP contribution in [0.15, 0.2) is 41.1 Å². The SMILES string of the molecule is Cn1nccc1CNc1ccc(N)c2cc(Br)cnc12. The molecule has 0 aliphatic heterocycles. The van der Waals surface area contributed by atoms with E-state index in [1.165, 1.54) is 0 Å². The van der Waals surface area contributed by atoms with Gasteiger partial charge in [0.05, 0.1) is 23.4 Å². The lowest BCUT2D eigenvalue weighted by Gasteiger charge is -2.11. The molecule has 0 atom stereocenters. The Hall–Kier alpha value is -2.08. The van der Waals surface area contributed by atoms with Crippen molar-refractivity contribution in [3.05, 3.63) is 46.8 Å². The van der Waals surface area contributed by atoms with E-state index in [1.54, 1.807) is 12.4 Å². The van der Waals surface area contributed by atoms with E-state index in [1.807, 2.05) is 36.0 Å². The van der Waals surface area contributed by atoms with Crippen LogP contribution in [0, 0.1) is 0 Å². The fraction of sp³-hybridized carbons (Fsp3) is 0.143. The molecular weight excluding hydrogens is 318 g/mol. The van der Waals surface area contributed by atoms with Crippen LogP contribution in [0.25, 0.3) is 10.9 Å². The van der Waals surface area contributed by atoms with Gasteiger partial charge in [0.25, 0.3) is 0 Å². The summed E-state index contributed by atoms with van der Waals surface area (Å²) in [6.07, 6.45) is 3.56. The standard InChI is InChI=1S/C14H14BrN5/c1-20-10(4-5-19-20)8-17-13-3-2-12(16)11-6-9(15)7-18-14(11)13/h2-7,17H,8,16H2,1H3. The molecule has 0 bridgehead atoms. The highest BCUT2D eigenvalue weighted by molar-refractivity contribution is 9.10. The zero-order chi connectivity index (χ0) is 14.1. The molecule has 0 saturated carbocycles. The van der Waals surface area contributed by atoms with Crippen LogP contribution in [0.5, 0.6) is 0 Å². The first-order chi connectivity index (χ1) is 9.65. The average molecular weight is 332 g/mol. The van der Waals surface area contributed by atoms with E-state index in [-0.39, 0.29) is 0 Å². The largest absolute Gasteiger partial charge is 0.398 e. The summed E-state index contributed by atoms with van der Waals surface area (Å²) in [5.41, 5.74) is 9.66. The molecule has 0 spiro atoms. The number of pyridine rings is 1. The monoisotopic (exact) mass is 331 g/mol. The molecule has 2 aromatic heterocycles. The summed E-state index contributed by atoms with van der Waals surface area (Å²) >= 11 is 3.42.